The molecule has 0 bridgehead atoms. The van der Waals surface area contributed by atoms with E-state index in [1.54, 1.807) is 14.2 Å². The molecule has 0 aromatic heterocycles. The van der Waals surface area contributed by atoms with E-state index in [4.69, 9.17) is 9.47 Å². The second kappa shape index (κ2) is 4.27. The van der Waals surface area contributed by atoms with Crippen molar-refractivity contribution in [3.63, 3.8) is 0 Å². The van der Waals surface area contributed by atoms with Gasteiger partial charge in [0.2, 0.25) is 5.79 Å². The SMILES string of the molecule is COC1(OC)CN(c2cccc(I)c2)C1. The van der Waals surface area contributed by atoms with Crippen molar-refractivity contribution in [3.05, 3.63) is 27.8 Å². The van der Waals surface area contributed by atoms with Gasteiger partial charge in [0.1, 0.15) is 0 Å². The maximum absolute atomic E-state index is 5.34. The van der Waals surface area contributed by atoms with Gasteiger partial charge in [0, 0.05) is 23.5 Å². The van der Waals surface area contributed by atoms with Gasteiger partial charge in [0.05, 0.1) is 13.1 Å². The summed E-state index contributed by atoms with van der Waals surface area (Å²) in [6.07, 6.45) is 0. The zero-order valence-electron chi connectivity index (χ0n) is 8.87. The predicted octanol–water partition coefficient (Wildman–Crippen LogP) is 2.10. The number of halogens is 1. The number of nitrogens with zero attached hydrogens (tertiary/aromatic N) is 1. The molecule has 1 aromatic carbocycles. The largest absolute Gasteiger partial charge is 0.361 e. The van der Waals surface area contributed by atoms with Crippen LogP contribution in [0, 0.1) is 3.57 Å². The van der Waals surface area contributed by atoms with E-state index < -0.39 is 5.79 Å². The first-order valence-corrected chi connectivity index (χ1v) is 5.88. The fourth-order valence-corrected chi connectivity index (χ4v) is 2.26. The third-order valence-electron chi connectivity index (χ3n) is 2.78. The number of benzene rings is 1. The van der Waals surface area contributed by atoms with E-state index in [0.717, 1.165) is 13.1 Å². The Labute approximate surface area is 103 Å². The van der Waals surface area contributed by atoms with E-state index in [1.165, 1.54) is 9.26 Å². The van der Waals surface area contributed by atoms with Crippen molar-refractivity contribution in [1.29, 1.82) is 0 Å². The van der Waals surface area contributed by atoms with Gasteiger partial charge in [0.25, 0.3) is 0 Å². The molecule has 4 heteroatoms. The lowest BCUT2D eigenvalue weighted by molar-refractivity contribution is -0.219. The maximum atomic E-state index is 5.34. The Morgan fingerprint density at radius 2 is 1.93 bits per heavy atom. The summed E-state index contributed by atoms with van der Waals surface area (Å²) in [6, 6.07) is 8.42. The average molecular weight is 319 g/mol. The first-order chi connectivity index (χ1) is 7.19. The Kier molecular flexibility index (Phi) is 3.18. The van der Waals surface area contributed by atoms with Crippen molar-refractivity contribution in [2.75, 3.05) is 32.2 Å². The standard InChI is InChI=1S/C11H14INO2/c1-14-11(15-2)7-13(8-11)10-5-3-4-9(12)6-10/h3-6H,7-8H2,1-2H3. The van der Waals surface area contributed by atoms with Crippen molar-refractivity contribution < 1.29 is 9.47 Å². The summed E-state index contributed by atoms with van der Waals surface area (Å²) in [5.74, 6) is -0.402. The molecule has 0 aliphatic carbocycles. The van der Waals surface area contributed by atoms with Gasteiger partial charge >= 0.3 is 0 Å². The minimum Gasteiger partial charge on any atom is -0.361 e. The molecule has 2 rings (SSSR count). The van der Waals surface area contributed by atoms with Crippen molar-refractivity contribution in [3.8, 4) is 0 Å². The molecule has 0 atom stereocenters. The molecule has 1 aliphatic rings. The van der Waals surface area contributed by atoms with Crippen molar-refractivity contribution in [2.24, 2.45) is 0 Å². The molecular weight excluding hydrogens is 305 g/mol. The van der Waals surface area contributed by atoms with E-state index in [2.05, 4.69) is 51.8 Å². The van der Waals surface area contributed by atoms with E-state index in [1.807, 2.05) is 0 Å². The van der Waals surface area contributed by atoms with Gasteiger partial charge in [-0.15, -0.1) is 0 Å². The first-order valence-electron chi connectivity index (χ1n) is 4.80. The maximum Gasteiger partial charge on any atom is 0.203 e. The summed E-state index contributed by atoms with van der Waals surface area (Å²) in [6.45, 7) is 1.58. The zero-order chi connectivity index (χ0) is 10.9. The summed E-state index contributed by atoms with van der Waals surface area (Å²) in [5, 5.41) is 0. The predicted molar refractivity (Wildman–Crippen MR) is 68.1 cm³/mol. The molecule has 15 heavy (non-hydrogen) atoms. The fraction of sp³-hybridized carbons (Fsp3) is 0.455. The van der Waals surface area contributed by atoms with Crippen LogP contribution in [0.5, 0.6) is 0 Å². The van der Waals surface area contributed by atoms with Crippen molar-refractivity contribution >= 4 is 28.3 Å². The molecule has 0 saturated carbocycles. The van der Waals surface area contributed by atoms with Gasteiger partial charge in [0.15, 0.2) is 0 Å². The molecule has 0 spiro atoms. The van der Waals surface area contributed by atoms with Crippen LogP contribution in [0.15, 0.2) is 24.3 Å². The molecule has 82 valence electrons. The van der Waals surface area contributed by atoms with Gasteiger partial charge in [-0.1, -0.05) is 6.07 Å². The molecular formula is C11H14INO2. The summed E-state index contributed by atoms with van der Waals surface area (Å²) in [4.78, 5) is 2.25. The second-order valence-corrected chi connectivity index (χ2v) is 4.90. The van der Waals surface area contributed by atoms with Crippen LogP contribution in [0.1, 0.15) is 0 Å². The molecule has 1 saturated heterocycles. The van der Waals surface area contributed by atoms with E-state index >= 15 is 0 Å². The van der Waals surface area contributed by atoms with E-state index in [9.17, 15) is 0 Å². The van der Waals surface area contributed by atoms with Crippen LogP contribution in [0.4, 0.5) is 5.69 Å². The fourth-order valence-electron chi connectivity index (χ4n) is 1.73. The monoisotopic (exact) mass is 319 g/mol. The highest BCUT2D eigenvalue weighted by atomic mass is 127. The highest BCUT2D eigenvalue weighted by Gasteiger charge is 2.43. The van der Waals surface area contributed by atoms with Crippen molar-refractivity contribution in [1.82, 2.24) is 0 Å². The lowest BCUT2D eigenvalue weighted by atomic mass is 10.1. The van der Waals surface area contributed by atoms with Gasteiger partial charge < -0.3 is 14.4 Å². The Morgan fingerprint density at radius 3 is 2.47 bits per heavy atom. The van der Waals surface area contributed by atoms with Crippen LogP contribution in [-0.4, -0.2) is 33.1 Å². The molecule has 1 aliphatic heterocycles. The van der Waals surface area contributed by atoms with Crippen LogP contribution in [0.2, 0.25) is 0 Å². The highest BCUT2D eigenvalue weighted by Crippen LogP contribution is 2.31. The molecule has 0 amide bonds. The smallest absolute Gasteiger partial charge is 0.203 e. The topological polar surface area (TPSA) is 21.7 Å². The first kappa shape index (κ1) is 11.2. The third kappa shape index (κ3) is 2.11. The Morgan fingerprint density at radius 1 is 1.27 bits per heavy atom. The summed E-state index contributed by atoms with van der Waals surface area (Å²) >= 11 is 2.32. The number of ether oxygens (including phenoxy) is 2. The number of methoxy groups -OCH3 is 2. The summed E-state index contributed by atoms with van der Waals surface area (Å²) < 4.78 is 11.9. The lowest BCUT2D eigenvalue weighted by Gasteiger charge is -2.48. The lowest BCUT2D eigenvalue weighted by Crippen LogP contribution is -2.64. The molecule has 0 unspecified atom stereocenters. The van der Waals surface area contributed by atoms with E-state index in [-0.39, 0.29) is 0 Å². The molecule has 0 N–H and O–H groups in total. The molecule has 1 aromatic rings. The minimum atomic E-state index is -0.402. The van der Waals surface area contributed by atoms with Crippen LogP contribution in [0.25, 0.3) is 0 Å². The summed E-state index contributed by atoms with van der Waals surface area (Å²) in [5.41, 5.74) is 1.23. The highest BCUT2D eigenvalue weighted by molar-refractivity contribution is 14.1. The number of hydrogen-bond donors (Lipinski definition) is 0. The molecule has 3 nitrogen and oxygen atoms in total. The number of anilines is 1. The number of rotatable bonds is 3. The second-order valence-electron chi connectivity index (χ2n) is 3.65. The van der Waals surface area contributed by atoms with E-state index in [0.29, 0.717) is 0 Å². The van der Waals surface area contributed by atoms with Gasteiger partial charge in [-0.05, 0) is 40.8 Å². The van der Waals surface area contributed by atoms with Crippen molar-refractivity contribution in [2.45, 2.75) is 5.79 Å². The third-order valence-corrected chi connectivity index (χ3v) is 3.45. The Bertz CT molecular complexity index is 344. The summed E-state index contributed by atoms with van der Waals surface area (Å²) in [7, 11) is 3.38. The average Bonchev–Trinajstić information content (AvgIpc) is 2.18. The van der Waals surface area contributed by atoms with Crippen LogP contribution < -0.4 is 4.90 Å². The van der Waals surface area contributed by atoms with Gasteiger partial charge in [-0.2, -0.15) is 0 Å². The molecule has 1 fully saturated rings. The van der Waals surface area contributed by atoms with Crippen LogP contribution in [0.3, 0.4) is 0 Å². The molecule has 1 heterocycles. The quantitative estimate of drug-likeness (QED) is 0.629. The minimum absolute atomic E-state index is 0.402. The van der Waals surface area contributed by atoms with Crippen LogP contribution >= 0.6 is 22.6 Å². The molecule has 0 radical (unpaired) electrons. The number of hydrogen-bond acceptors (Lipinski definition) is 3. The van der Waals surface area contributed by atoms with Crippen LogP contribution in [-0.2, 0) is 9.47 Å². The Balaban J connectivity index is 2.05. The normalized spacial score (nSPS) is 18.7. The van der Waals surface area contributed by atoms with Gasteiger partial charge in [-0.25, -0.2) is 0 Å². The zero-order valence-corrected chi connectivity index (χ0v) is 11.0. The Hall–Kier alpha value is -0.330. The van der Waals surface area contributed by atoms with Gasteiger partial charge in [-0.3, -0.25) is 0 Å².